The first-order chi connectivity index (χ1) is 10.0. The van der Waals surface area contributed by atoms with Crippen LogP contribution in [0.2, 0.25) is 0 Å². The number of fused-ring (bicyclic) bond motifs is 1. The highest BCUT2D eigenvalue weighted by Crippen LogP contribution is 2.23. The largest absolute Gasteiger partial charge is 0.478 e. The van der Waals surface area contributed by atoms with Crippen molar-refractivity contribution in [2.45, 2.75) is 19.5 Å². The van der Waals surface area contributed by atoms with Gasteiger partial charge in [-0.3, -0.25) is 4.79 Å². The van der Waals surface area contributed by atoms with E-state index in [4.69, 9.17) is 5.11 Å². The van der Waals surface area contributed by atoms with E-state index in [1.54, 1.807) is 24.1 Å². The maximum atomic E-state index is 12.0. The number of hydrogen-bond donors (Lipinski definition) is 3. The van der Waals surface area contributed by atoms with Gasteiger partial charge in [0.1, 0.15) is 0 Å². The lowest BCUT2D eigenvalue weighted by Crippen LogP contribution is -2.38. The summed E-state index contributed by atoms with van der Waals surface area (Å²) in [6.07, 6.45) is 0.228. The summed E-state index contributed by atoms with van der Waals surface area (Å²) in [5, 5.41) is 14.1. The normalized spacial score (nSPS) is 12.7. The molecular formula is C14H17N3O4. The fourth-order valence-electron chi connectivity index (χ4n) is 2.19. The van der Waals surface area contributed by atoms with Crippen LogP contribution >= 0.6 is 0 Å². The first kappa shape index (κ1) is 14.8. The standard InChI is InChI=1S/C14H17N3O4/c1-15-12(18)4-5-16-14(21)17-7-10-3-2-9(13(19)20)6-11(10)8-17/h2-3,6H,4-5,7-8H2,1H3,(H,15,18)(H,16,21)(H,19,20). The van der Waals surface area contributed by atoms with Crippen molar-refractivity contribution in [2.24, 2.45) is 0 Å². The molecule has 1 aromatic rings. The molecule has 0 aliphatic carbocycles. The highest BCUT2D eigenvalue weighted by Gasteiger charge is 2.24. The summed E-state index contributed by atoms with van der Waals surface area (Å²) in [6.45, 7) is 1.09. The van der Waals surface area contributed by atoms with E-state index >= 15 is 0 Å². The van der Waals surface area contributed by atoms with Gasteiger partial charge >= 0.3 is 12.0 Å². The van der Waals surface area contributed by atoms with Gasteiger partial charge in [0.15, 0.2) is 0 Å². The first-order valence-corrected chi connectivity index (χ1v) is 6.59. The van der Waals surface area contributed by atoms with Gasteiger partial charge in [0, 0.05) is 33.1 Å². The number of carboxylic acids is 1. The van der Waals surface area contributed by atoms with E-state index in [-0.39, 0.29) is 30.5 Å². The maximum absolute atomic E-state index is 12.0. The Kier molecular flexibility index (Phi) is 4.42. The molecule has 7 heteroatoms. The van der Waals surface area contributed by atoms with Gasteiger partial charge in [-0.15, -0.1) is 0 Å². The number of carbonyl (C=O) groups is 3. The molecule has 0 unspecified atom stereocenters. The average Bonchev–Trinajstić information content (AvgIpc) is 2.89. The van der Waals surface area contributed by atoms with Crippen LogP contribution in [0.25, 0.3) is 0 Å². The summed E-state index contributed by atoms with van der Waals surface area (Å²) in [5.74, 6) is -1.11. The summed E-state index contributed by atoms with van der Waals surface area (Å²) >= 11 is 0. The second kappa shape index (κ2) is 6.25. The first-order valence-electron chi connectivity index (χ1n) is 6.59. The van der Waals surface area contributed by atoms with Crippen molar-refractivity contribution in [3.05, 3.63) is 34.9 Å². The topological polar surface area (TPSA) is 98.7 Å². The van der Waals surface area contributed by atoms with E-state index in [2.05, 4.69) is 10.6 Å². The zero-order valence-corrected chi connectivity index (χ0v) is 11.7. The van der Waals surface area contributed by atoms with E-state index in [0.29, 0.717) is 13.1 Å². The second-order valence-corrected chi connectivity index (χ2v) is 4.80. The molecule has 0 bridgehead atoms. The molecule has 0 saturated carbocycles. The Labute approximate surface area is 121 Å². The van der Waals surface area contributed by atoms with Gasteiger partial charge in [0.2, 0.25) is 5.91 Å². The van der Waals surface area contributed by atoms with Crippen molar-refractivity contribution in [1.82, 2.24) is 15.5 Å². The number of carbonyl (C=O) groups excluding carboxylic acids is 2. The van der Waals surface area contributed by atoms with Crippen molar-refractivity contribution in [1.29, 1.82) is 0 Å². The molecule has 1 heterocycles. The fourth-order valence-corrected chi connectivity index (χ4v) is 2.19. The molecule has 0 radical (unpaired) electrons. The van der Waals surface area contributed by atoms with Crippen LogP contribution in [0.4, 0.5) is 4.79 Å². The molecule has 7 nitrogen and oxygen atoms in total. The zero-order chi connectivity index (χ0) is 15.4. The lowest BCUT2D eigenvalue weighted by Gasteiger charge is -2.16. The Balaban J connectivity index is 1.91. The molecule has 1 aliphatic rings. The second-order valence-electron chi connectivity index (χ2n) is 4.80. The number of hydrogen-bond acceptors (Lipinski definition) is 3. The minimum absolute atomic E-state index is 0.133. The number of aromatic carboxylic acids is 1. The number of carboxylic acid groups (broad SMARTS) is 1. The number of rotatable bonds is 4. The summed E-state index contributed by atoms with van der Waals surface area (Å²) in [7, 11) is 1.54. The Hall–Kier alpha value is -2.57. The molecule has 0 saturated heterocycles. The van der Waals surface area contributed by atoms with Gasteiger partial charge in [0.05, 0.1) is 5.56 Å². The number of urea groups is 1. The minimum Gasteiger partial charge on any atom is -0.478 e. The van der Waals surface area contributed by atoms with Gasteiger partial charge in [-0.05, 0) is 23.3 Å². The van der Waals surface area contributed by atoms with Gasteiger partial charge in [-0.25, -0.2) is 9.59 Å². The molecule has 1 aliphatic heterocycles. The van der Waals surface area contributed by atoms with Crippen molar-refractivity contribution in [3.8, 4) is 0 Å². The third-order valence-electron chi connectivity index (χ3n) is 3.37. The average molecular weight is 291 g/mol. The van der Waals surface area contributed by atoms with Gasteiger partial charge in [-0.2, -0.15) is 0 Å². The lowest BCUT2D eigenvalue weighted by molar-refractivity contribution is -0.120. The Bertz CT molecular complexity index is 586. The number of amides is 3. The van der Waals surface area contributed by atoms with Crippen LogP contribution in [-0.4, -0.2) is 41.5 Å². The van der Waals surface area contributed by atoms with Crippen LogP contribution < -0.4 is 10.6 Å². The summed E-state index contributed by atoms with van der Waals surface area (Å²) in [4.78, 5) is 35.5. The van der Waals surface area contributed by atoms with Crippen LogP contribution in [-0.2, 0) is 17.9 Å². The van der Waals surface area contributed by atoms with Crippen LogP contribution in [0.1, 0.15) is 27.9 Å². The number of benzene rings is 1. The quantitative estimate of drug-likeness (QED) is 0.754. The summed E-state index contributed by atoms with van der Waals surface area (Å²) in [5.41, 5.74) is 2.01. The predicted molar refractivity (Wildman–Crippen MR) is 74.7 cm³/mol. The maximum Gasteiger partial charge on any atom is 0.335 e. The Morgan fingerprint density at radius 2 is 1.95 bits per heavy atom. The predicted octanol–water partition coefficient (Wildman–Crippen LogP) is 0.546. The monoisotopic (exact) mass is 291 g/mol. The number of nitrogens with one attached hydrogen (secondary N) is 2. The van der Waals surface area contributed by atoms with E-state index in [9.17, 15) is 14.4 Å². The van der Waals surface area contributed by atoms with Gasteiger partial charge in [0.25, 0.3) is 0 Å². The fraction of sp³-hybridized carbons (Fsp3) is 0.357. The lowest BCUT2D eigenvalue weighted by atomic mass is 10.1. The molecule has 0 atom stereocenters. The Morgan fingerprint density at radius 3 is 2.62 bits per heavy atom. The van der Waals surface area contributed by atoms with E-state index in [1.165, 1.54) is 6.07 Å². The third kappa shape index (κ3) is 3.50. The van der Waals surface area contributed by atoms with Crippen molar-refractivity contribution in [3.63, 3.8) is 0 Å². The minimum atomic E-state index is -0.980. The highest BCUT2D eigenvalue weighted by molar-refractivity contribution is 5.88. The molecule has 0 fully saturated rings. The molecule has 2 rings (SSSR count). The smallest absolute Gasteiger partial charge is 0.335 e. The third-order valence-corrected chi connectivity index (χ3v) is 3.37. The molecule has 3 amide bonds. The highest BCUT2D eigenvalue weighted by atomic mass is 16.4. The van der Waals surface area contributed by atoms with E-state index < -0.39 is 5.97 Å². The van der Waals surface area contributed by atoms with Crippen LogP contribution in [0.5, 0.6) is 0 Å². The molecule has 112 valence electrons. The molecule has 3 N–H and O–H groups in total. The van der Waals surface area contributed by atoms with E-state index in [0.717, 1.165) is 11.1 Å². The van der Waals surface area contributed by atoms with E-state index in [1.807, 2.05) is 0 Å². The molecule has 1 aromatic carbocycles. The molecule has 0 spiro atoms. The molecule has 0 aromatic heterocycles. The van der Waals surface area contributed by atoms with Crippen molar-refractivity contribution in [2.75, 3.05) is 13.6 Å². The molecular weight excluding hydrogens is 274 g/mol. The van der Waals surface area contributed by atoms with Gasteiger partial charge < -0.3 is 20.6 Å². The van der Waals surface area contributed by atoms with Crippen LogP contribution in [0, 0.1) is 0 Å². The summed E-state index contributed by atoms with van der Waals surface area (Å²) < 4.78 is 0. The number of nitrogens with zero attached hydrogens (tertiary/aromatic N) is 1. The van der Waals surface area contributed by atoms with Crippen LogP contribution in [0.3, 0.4) is 0 Å². The summed E-state index contributed by atoms with van der Waals surface area (Å²) in [6, 6.07) is 4.60. The SMILES string of the molecule is CNC(=O)CCNC(=O)N1Cc2ccc(C(=O)O)cc2C1. The zero-order valence-electron chi connectivity index (χ0n) is 11.7. The van der Waals surface area contributed by atoms with Crippen molar-refractivity contribution < 1.29 is 19.5 Å². The van der Waals surface area contributed by atoms with Gasteiger partial charge in [-0.1, -0.05) is 6.07 Å². The Morgan fingerprint density at radius 1 is 1.24 bits per heavy atom. The van der Waals surface area contributed by atoms with Crippen molar-refractivity contribution >= 4 is 17.9 Å². The van der Waals surface area contributed by atoms with Crippen LogP contribution in [0.15, 0.2) is 18.2 Å². The molecule has 21 heavy (non-hydrogen) atoms.